The Bertz CT molecular complexity index is 1430. The molecule has 31 heavy (non-hydrogen) atoms. The average molecular weight is 433 g/mol. The molecule has 0 saturated carbocycles. The van der Waals surface area contributed by atoms with Gasteiger partial charge >= 0.3 is 0 Å². The Labute approximate surface area is 181 Å². The minimum absolute atomic E-state index is 0.146. The Morgan fingerprint density at radius 1 is 1.19 bits per heavy atom. The van der Waals surface area contributed by atoms with Gasteiger partial charge in [0.1, 0.15) is 11.6 Å². The lowest BCUT2D eigenvalue weighted by Crippen LogP contribution is -2.23. The zero-order valence-corrected chi connectivity index (χ0v) is 17.7. The molecule has 0 radical (unpaired) electrons. The van der Waals surface area contributed by atoms with Crippen molar-refractivity contribution >= 4 is 39.9 Å². The quantitative estimate of drug-likeness (QED) is 0.441. The summed E-state index contributed by atoms with van der Waals surface area (Å²) in [5.41, 5.74) is 9.99. The number of nitrogens with two attached hydrogens (primary N) is 1. The lowest BCUT2D eigenvalue weighted by atomic mass is 10.1. The summed E-state index contributed by atoms with van der Waals surface area (Å²) < 4.78 is 8.85. The molecule has 0 unspecified atom stereocenters. The summed E-state index contributed by atoms with van der Waals surface area (Å²) in [6.07, 6.45) is 1.84. The highest BCUT2D eigenvalue weighted by molar-refractivity contribution is 7.12. The molecule has 5 rings (SSSR count). The molecule has 0 aliphatic heterocycles. The van der Waals surface area contributed by atoms with E-state index in [1.165, 1.54) is 11.3 Å². The van der Waals surface area contributed by atoms with E-state index in [4.69, 9.17) is 10.5 Å². The summed E-state index contributed by atoms with van der Waals surface area (Å²) in [6, 6.07) is 11.4. The third-order valence-corrected chi connectivity index (χ3v) is 6.02. The Balaban J connectivity index is 1.32. The van der Waals surface area contributed by atoms with E-state index in [-0.39, 0.29) is 11.9 Å². The van der Waals surface area contributed by atoms with Crippen LogP contribution in [0.3, 0.4) is 0 Å². The minimum atomic E-state index is -0.146. The summed E-state index contributed by atoms with van der Waals surface area (Å²) in [5.74, 6) is 1.59. The number of fused-ring (bicyclic) bond motifs is 2. The third kappa shape index (κ3) is 3.46. The number of carbonyl (C=O) groups excluding carboxylic acids is 1. The summed E-state index contributed by atoms with van der Waals surface area (Å²) in [4.78, 5) is 22.1. The molecule has 4 aromatic heterocycles. The van der Waals surface area contributed by atoms with E-state index >= 15 is 0 Å². The fraction of sp³-hybridized carbons (Fsp3) is 0.143. The maximum Gasteiger partial charge on any atom is 0.261 e. The fourth-order valence-electron chi connectivity index (χ4n) is 3.44. The van der Waals surface area contributed by atoms with Gasteiger partial charge in [-0.2, -0.15) is 4.98 Å². The van der Waals surface area contributed by atoms with Gasteiger partial charge in [0, 0.05) is 24.9 Å². The number of nitrogens with zero attached hydrogens (tertiary/aromatic N) is 5. The Kier molecular flexibility index (Phi) is 4.55. The number of nitrogens with one attached hydrogen (secondary N) is 1. The van der Waals surface area contributed by atoms with Crippen LogP contribution in [0, 0.1) is 0 Å². The van der Waals surface area contributed by atoms with Gasteiger partial charge in [0.25, 0.3) is 5.91 Å². The van der Waals surface area contributed by atoms with Crippen molar-refractivity contribution in [1.29, 1.82) is 0 Å². The van der Waals surface area contributed by atoms with E-state index < -0.39 is 0 Å². The molecule has 5 aromatic rings. The molecule has 156 valence electrons. The smallest absolute Gasteiger partial charge is 0.261 e. The standard InChI is InChI=1S/C21H19N7O2S/c1-27-16-5-4-14(30-2)8-15(16)24-19(27)9-23-20(29)17-7-13(11-31-17)12-3-6-18-25-21(22)26-28(18)10-12/h3-8,10-11H,9H2,1-2H3,(H2,22,26)(H,23,29). The highest BCUT2D eigenvalue weighted by Gasteiger charge is 2.14. The second kappa shape index (κ2) is 7.40. The van der Waals surface area contributed by atoms with Crippen LogP contribution in [0.2, 0.25) is 0 Å². The first-order valence-electron chi connectivity index (χ1n) is 9.50. The molecule has 9 nitrogen and oxygen atoms in total. The normalized spacial score (nSPS) is 11.3. The largest absolute Gasteiger partial charge is 0.497 e. The summed E-state index contributed by atoms with van der Waals surface area (Å²) in [6.45, 7) is 0.323. The number of pyridine rings is 1. The lowest BCUT2D eigenvalue weighted by Gasteiger charge is -2.04. The van der Waals surface area contributed by atoms with E-state index in [0.29, 0.717) is 17.1 Å². The maximum absolute atomic E-state index is 12.7. The Morgan fingerprint density at radius 3 is 2.90 bits per heavy atom. The van der Waals surface area contributed by atoms with E-state index in [2.05, 4.69) is 20.4 Å². The minimum Gasteiger partial charge on any atom is -0.497 e. The van der Waals surface area contributed by atoms with E-state index in [9.17, 15) is 4.79 Å². The van der Waals surface area contributed by atoms with E-state index in [1.54, 1.807) is 11.6 Å². The monoisotopic (exact) mass is 433 g/mol. The number of hydrogen-bond donors (Lipinski definition) is 2. The van der Waals surface area contributed by atoms with Crippen molar-refractivity contribution in [3.8, 4) is 16.9 Å². The van der Waals surface area contributed by atoms with Crippen LogP contribution in [0.1, 0.15) is 15.5 Å². The third-order valence-electron chi connectivity index (χ3n) is 5.09. The van der Waals surface area contributed by atoms with Crippen molar-refractivity contribution in [2.75, 3.05) is 12.8 Å². The van der Waals surface area contributed by atoms with Gasteiger partial charge in [-0.1, -0.05) is 0 Å². The van der Waals surface area contributed by atoms with Crippen LogP contribution >= 0.6 is 11.3 Å². The maximum atomic E-state index is 12.7. The van der Waals surface area contributed by atoms with Crippen molar-refractivity contribution in [1.82, 2.24) is 29.5 Å². The molecule has 0 aliphatic rings. The molecule has 0 atom stereocenters. The SMILES string of the molecule is COc1ccc2c(c1)nc(CNC(=O)c1cc(-c3ccc4nc(N)nn4c3)cs1)n2C. The number of aromatic nitrogens is 5. The van der Waals surface area contributed by atoms with E-state index in [0.717, 1.165) is 33.7 Å². The Hall–Kier alpha value is -3.92. The number of ether oxygens (including phenoxy) is 1. The summed E-state index contributed by atoms with van der Waals surface area (Å²) in [7, 11) is 3.56. The van der Waals surface area contributed by atoms with Gasteiger partial charge in [0.15, 0.2) is 5.65 Å². The molecule has 0 aliphatic carbocycles. The first-order valence-corrected chi connectivity index (χ1v) is 10.4. The molecule has 4 heterocycles. The van der Waals surface area contributed by atoms with Crippen LogP contribution in [0.15, 0.2) is 48.0 Å². The van der Waals surface area contributed by atoms with Crippen LogP contribution in [0.25, 0.3) is 27.8 Å². The number of thiophene rings is 1. The van der Waals surface area contributed by atoms with Crippen LogP contribution in [0.5, 0.6) is 5.75 Å². The number of hydrogen-bond acceptors (Lipinski definition) is 7. The zero-order chi connectivity index (χ0) is 21.5. The molecule has 0 bridgehead atoms. The molecule has 3 N–H and O–H groups in total. The molecule has 10 heteroatoms. The first kappa shape index (κ1) is 19.1. The number of nitrogen functional groups attached to an aromatic ring is 1. The summed E-state index contributed by atoms with van der Waals surface area (Å²) in [5, 5.41) is 9.03. The van der Waals surface area contributed by atoms with Crippen LogP contribution in [-0.4, -0.2) is 37.2 Å². The lowest BCUT2D eigenvalue weighted by molar-refractivity contribution is 0.0953. The number of benzene rings is 1. The highest BCUT2D eigenvalue weighted by atomic mass is 32.1. The number of imidazole rings is 1. The van der Waals surface area contributed by atoms with Crippen LogP contribution in [-0.2, 0) is 13.6 Å². The van der Waals surface area contributed by atoms with Crippen LogP contribution < -0.4 is 15.8 Å². The van der Waals surface area contributed by atoms with Gasteiger partial charge < -0.3 is 20.4 Å². The second-order valence-electron chi connectivity index (χ2n) is 7.01. The molecule has 0 fully saturated rings. The summed E-state index contributed by atoms with van der Waals surface area (Å²) >= 11 is 1.39. The van der Waals surface area contributed by atoms with Gasteiger partial charge in [-0.05, 0) is 41.3 Å². The first-order chi connectivity index (χ1) is 15.0. The van der Waals surface area contributed by atoms with Gasteiger partial charge in [-0.3, -0.25) is 4.79 Å². The van der Waals surface area contributed by atoms with Crippen molar-refractivity contribution < 1.29 is 9.53 Å². The number of rotatable bonds is 5. The van der Waals surface area contributed by atoms with E-state index in [1.807, 2.05) is 59.6 Å². The van der Waals surface area contributed by atoms with Crippen molar-refractivity contribution in [3.63, 3.8) is 0 Å². The zero-order valence-electron chi connectivity index (χ0n) is 16.9. The topological polar surface area (TPSA) is 112 Å². The predicted molar refractivity (Wildman–Crippen MR) is 119 cm³/mol. The molecular formula is C21H19N7O2S. The number of methoxy groups -OCH3 is 1. The van der Waals surface area contributed by atoms with Gasteiger partial charge in [0.05, 0.1) is 29.6 Å². The molecule has 1 aromatic carbocycles. The fourth-order valence-corrected chi connectivity index (χ4v) is 4.27. The molecular weight excluding hydrogens is 414 g/mol. The van der Waals surface area contributed by atoms with Gasteiger partial charge in [0.2, 0.25) is 5.95 Å². The number of anilines is 1. The highest BCUT2D eigenvalue weighted by Crippen LogP contribution is 2.26. The number of carbonyl (C=O) groups is 1. The van der Waals surface area contributed by atoms with Crippen molar-refractivity contribution in [2.24, 2.45) is 7.05 Å². The molecule has 0 spiro atoms. The van der Waals surface area contributed by atoms with Crippen molar-refractivity contribution in [2.45, 2.75) is 6.54 Å². The molecule has 0 saturated heterocycles. The average Bonchev–Trinajstić information content (AvgIpc) is 3.48. The Morgan fingerprint density at radius 2 is 2.06 bits per heavy atom. The van der Waals surface area contributed by atoms with Gasteiger partial charge in [-0.15, -0.1) is 16.4 Å². The second-order valence-corrected chi connectivity index (χ2v) is 7.93. The van der Waals surface area contributed by atoms with Crippen LogP contribution in [0.4, 0.5) is 5.95 Å². The number of aryl methyl sites for hydroxylation is 1. The predicted octanol–water partition coefficient (Wildman–Crippen LogP) is 2.87. The molecule has 1 amide bonds. The number of amides is 1. The van der Waals surface area contributed by atoms with Gasteiger partial charge in [-0.25, -0.2) is 9.50 Å². The van der Waals surface area contributed by atoms with Crippen molar-refractivity contribution in [3.05, 3.63) is 58.7 Å².